The monoisotopic (exact) mass is 244 g/mol. The summed E-state index contributed by atoms with van der Waals surface area (Å²) in [7, 11) is 0. The Morgan fingerprint density at radius 1 is 1.33 bits per heavy atom. The molecule has 0 aliphatic heterocycles. The Bertz CT molecular complexity index is 585. The van der Waals surface area contributed by atoms with Crippen molar-refractivity contribution >= 4 is 5.82 Å². The van der Waals surface area contributed by atoms with Crippen LogP contribution in [-0.4, -0.2) is 26.7 Å². The predicted octanol–water partition coefficient (Wildman–Crippen LogP) is 1.00. The van der Waals surface area contributed by atoms with E-state index in [4.69, 9.17) is 9.78 Å². The van der Waals surface area contributed by atoms with Crippen molar-refractivity contribution in [3.05, 3.63) is 29.3 Å². The summed E-state index contributed by atoms with van der Waals surface area (Å²) in [6.07, 6.45) is 2.08. The van der Waals surface area contributed by atoms with Crippen molar-refractivity contribution in [2.75, 3.05) is 11.9 Å². The van der Waals surface area contributed by atoms with Crippen LogP contribution < -0.4 is 5.32 Å². The third-order valence-corrected chi connectivity index (χ3v) is 2.23. The minimum absolute atomic E-state index is 0.419. The van der Waals surface area contributed by atoms with Gasteiger partial charge in [-0.05, 0) is 13.8 Å². The molecule has 0 fully saturated rings. The lowest BCUT2D eigenvalue weighted by Crippen LogP contribution is -2.09. The molecule has 0 saturated heterocycles. The molecule has 7 nitrogen and oxygen atoms in total. The minimum atomic E-state index is 0.419. The Hall–Kier alpha value is -2.49. The van der Waals surface area contributed by atoms with Gasteiger partial charge >= 0.3 is 0 Å². The highest BCUT2D eigenvalue weighted by Crippen LogP contribution is 2.10. The summed E-state index contributed by atoms with van der Waals surface area (Å²) in [4.78, 5) is 12.2. The van der Waals surface area contributed by atoms with Crippen molar-refractivity contribution in [2.24, 2.45) is 0 Å². The van der Waals surface area contributed by atoms with Crippen molar-refractivity contribution in [1.29, 1.82) is 5.26 Å². The highest BCUT2D eigenvalue weighted by Gasteiger charge is 2.06. The number of aromatic nitrogens is 4. The highest BCUT2D eigenvalue weighted by molar-refractivity contribution is 5.50. The van der Waals surface area contributed by atoms with E-state index in [0.717, 1.165) is 0 Å². The number of anilines is 1. The van der Waals surface area contributed by atoms with E-state index in [0.29, 0.717) is 41.9 Å². The summed E-state index contributed by atoms with van der Waals surface area (Å²) in [6, 6.07) is 2.04. The molecule has 0 aliphatic carbocycles. The van der Waals surface area contributed by atoms with Gasteiger partial charge in [0.05, 0.1) is 6.20 Å². The van der Waals surface area contributed by atoms with Crippen LogP contribution >= 0.6 is 0 Å². The SMILES string of the molecule is Cc1noc(CCNc2nc(C)ncc2C#N)n1. The average Bonchev–Trinajstić information content (AvgIpc) is 2.75. The molecular formula is C11H12N6O. The maximum atomic E-state index is 8.92. The quantitative estimate of drug-likeness (QED) is 0.856. The molecule has 0 radical (unpaired) electrons. The number of nitriles is 1. The maximum Gasteiger partial charge on any atom is 0.228 e. The first kappa shape index (κ1) is 12.0. The van der Waals surface area contributed by atoms with Crippen molar-refractivity contribution < 1.29 is 4.52 Å². The van der Waals surface area contributed by atoms with Crippen molar-refractivity contribution in [1.82, 2.24) is 20.1 Å². The third-order valence-electron chi connectivity index (χ3n) is 2.23. The summed E-state index contributed by atoms with van der Waals surface area (Å²) in [5.74, 6) is 2.32. The number of aryl methyl sites for hydroxylation is 2. The first-order valence-electron chi connectivity index (χ1n) is 5.46. The van der Waals surface area contributed by atoms with Crippen LogP contribution in [0.5, 0.6) is 0 Å². The second kappa shape index (κ2) is 5.23. The molecule has 7 heteroatoms. The summed E-state index contributed by atoms with van der Waals surface area (Å²) in [6.45, 7) is 4.10. The molecule has 0 aromatic carbocycles. The Kier molecular flexibility index (Phi) is 3.48. The Morgan fingerprint density at radius 3 is 2.83 bits per heavy atom. The molecule has 0 amide bonds. The van der Waals surface area contributed by atoms with E-state index in [1.807, 2.05) is 6.07 Å². The van der Waals surface area contributed by atoms with Crippen LogP contribution in [0.1, 0.15) is 23.1 Å². The lowest BCUT2D eigenvalue weighted by Gasteiger charge is -2.05. The number of hydrogen-bond acceptors (Lipinski definition) is 7. The molecule has 2 rings (SSSR count). The zero-order chi connectivity index (χ0) is 13.0. The first-order valence-corrected chi connectivity index (χ1v) is 5.46. The molecule has 0 unspecified atom stereocenters. The summed E-state index contributed by atoms with van der Waals surface area (Å²) >= 11 is 0. The van der Waals surface area contributed by atoms with E-state index in [9.17, 15) is 0 Å². The minimum Gasteiger partial charge on any atom is -0.368 e. The summed E-state index contributed by atoms with van der Waals surface area (Å²) in [5.41, 5.74) is 0.419. The number of rotatable bonds is 4. The lowest BCUT2D eigenvalue weighted by molar-refractivity contribution is 0.377. The Morgan fingerprint density at radius 2 is 2.17 bits per heavy atom. The number of hydrogen-bond donors (Lipinski definition) is 1. The largest absolute Gasteiger partial charge is 0.368 e. The van der Waals surface area contributed by atoms with E-state index in [1.165, 1.54) is 6.20 Å². The van der Waals surface area contributed by atoms with Gasteiger partial charge in [-0.1, -0.05) is 5.16 Å². The van der Waals surface area contributed by atoms with Gasteiger partial charge in [-0.3, -0.25) is 0 Å². The van der Waals surface area contributed by atoms with Crippen LogP contribution in [0.4, 0.5) is 5.82 Å². The molecule has 2 heterocycles. The Balaban J connectivity index is 1.98. The second-order valence-corrected chi connectivity index (χ2v) is 3.70. The van der Waals surface area contributed by atoms with Gasteiger partial charge in [0.15, 0.2) is 5.82 Å². The van der Waals surface area contributed by atoms with Gasteiger partial charge < -0.3 is 9.84 Å². The lowest BCUT2D eigenvalue weighted by atomic mass is 10.3. The standard InChI is InChI=1S/C11H12N6O/c1-7-14-6-9(5-12)11(16-7)13-4-3-10-15-8(2)17-18-10/h6H,3-4H2,1-2H3,(H,13,14,16). The number of nitrogens with zero attached hydrogens (tertiary/aromatic N) is 5. The van der Waals surface area contributed by atoms with Gasteiger partial charge in [0.25, 0.3) is 0 Å². The van der Waals surface area contributed by atoms with Crippen LogP contribution in [0.2, 0.25) is 0 Å². The zero-order valence-corrected chi connectivity index (χ0v) is 10.1. The van der Waals surface area contributed by atoms with Crippen LogP contribution in [0.15, 0.2) is 10.7 Å². The van der Waals surface area contributed by atoms with Gasteiger partial charge in [0.2, 0.25) is 5.89 Å². The molecule has 2 aromatic heterocycles. The van der Waals surface area contributed by atoms with Crippen LogP contribution in [0.25, 0.3) is 0 Å². The Labute approximate surface area is 104 Å². The topological polar surface area (TPSA) is 101 Å². The fraction of sp³-hybridized carbons (Fsp3) is 0.364. The zero-order valence-electron chi connectivity index (χ0n) is 10.1. The maximum absolute atomic E-state index is 8.92. The van der Waals surface area contributed by atoms with E-state index in [1.54, 1.807) is 13.8 Å². The van der Waals surface area contributed by atoms with E-state index in [-0.39, 0.29) is 0 Å². The van der Waals surface area contributed by atoms with E-state index < -0.39 is 0 Å². The van der Waals surface area contributed by atoms with Gasteiger partial charge in [0.1, 0.15) is 23.3 Å². The molecule has 0 bridgehead atoms. The summed E-state index contributed by atoms with van der Waals surface area (Å²) in [5, 5.41) is 15.7. The second-order valence-electron chi connectivity index (χ2n) is 3.70. The van der Waals surface area contributed by atoms with E-state index >= 15 is 0 Å². The molecule has 0 atom stereocenters. The smallest absolute Gasteiger partial charge is 0.228 e. The fourth-order valence-corrected chi connectivity index (χ4v) is 1.42. The van der Waals surface area contributed by atoms with Crippen LogP contribution in [-0.2, 0) is 6.42 Å². The van der Waals surface area contributed by atoms with Crippen molar-refractivity contribution in [2.45, 2.75) is 20.3 Å². The van der Waals surface area contributed by atoms with E-state index in [2.05, 4.69) is 25.4 Å². The summed E-state index contributed by atoms with van der Waals surface area (Å²) < 4.78 is 4.98. The van der Waals surface area contributed by atoms with Crippen LogP contribution in [0, 0.1) is 25.2 Å². The van der Waals surface area contributed by atoms with Gasteiger partial charge in [-0.2, -0.15) is 10.2 Å². The molecule has 18 heavy (non-hydrogen) atoms. The van der Waals surface area contributed by atoms with Crippen LogP contribution in [0.3, 0.4) is 0 Å². The normalized spacial score (nSPS) is 10.1. The molecule has 0 spiro atoms. The molecule has 0 aliphatic rings. The highest BCUT2D eigenvalue weighted by atomic mass is 16.5. The van der Waals surface area contributed by atoms with Crippen molar-refractivity contribution in [3.8, 4) is 6.07 Å². The number of nitrogens with one attached hydrogen (secondary N) is 1. The molecule has 0 saturated carbocycles. The molecular weight excluding hydrogens is 232 g/mol. The van der Waals surface area contributed by atoms with Gasteiger partial charge in [0, 0.05) is 13.0 Å². The molecule has 2 aromatic rings. The first-order chi connectivity index (χ1) is 8.69. The molecule has 1 N–H and O–H groups in total. The third kappa shape index (κ3) is 2.79. The van der Waals surface area contributed by atoms with Crippen molar-refractivity contribution in [3.63, 3.8) is 0 Å². The molecule has 92 valence electrons. The fourth-order valence-electron chi connectivity index (χ4n) is 1.42. The van der Waals surface area contributed by atoms with Gasteiger partial charge in [-0.25, -0.2) is 9.97 Å². The van der Waals surface area contributed by atoms with Gasteiger partial charge in [-0.15, -0.1) is 0 Å². The predicted molar refractivity (Wildman–Crippen MR) is 62.7 cm³/mol. The average molecular weight is 244 g/mol.